The number of esters is 3. The lowest BCUT2D eigenvalue weighted by atomic mass is 10.0. The summed E-state index contributed by atoms with van der Waals surface area (Å²) in [6, 6.07) is 0. The SMILES string of the molecule is CCCCCCCCCCCCCCCCCCC(=O)O[C@@H](COC(=O)CCCCCCCCCCCCCCC(C)C)COC(=O)CCCCCCCCCCCCC(C)C. The van der Waals surface area contributed by atoms with Gasteiger partial charge in [0.15, 0.2) is 6.10 Å². The minimum absolute atomic E-state index is 0.0632. The molecule has 0 aliphatic carbocycles. The maximum absolute atomic E-state index is 12.8. The Labute approximate surface area is 387 Å². The topological polar surface area (TPSA) is 78.9 Å². The van der Waals surface area contributed by atoms with Crippen LogP contribution in [-0.2, 0) is 28.6 Å². The van der Waals surface area contributed by atoms with Gasteiger partial charge in [-0.15, -0.1) is 0 Å². The first-order chi connectivity index (χ1) is 30.2. The van der Waals surface area contributed by atoms with E-state index in [1.54, 1.807) is 0 Å². The van der Waals surface area contributed by atoms with E-state index in [0.29, 0.717) is 19.3 Å². The third kappa shape index (κ3) is 49.4. The van der Waals surface area contributed by atoms with Crippen molar-refractivity contribution in [1.29, 1.82) is 0 Å². The summed E-state index contributed by atoms with van der Waals surface area (Å²) >= 11 is 0. The Morgan fingerprint density at radius 3 is 0.790 bits per heavy atom. The number of carbonyl (C=O) groups is 3. The average molecular weight is 877 g/mol. The fourth-order valence-electron chi connectivity index (χ4n) is 8.52. The molecule has 0 heterocycles. The van der Waals surface area contributed by atoms with Gasteiger partial charge in [0, 0.05) is 19.3 Å². The molecule has 0 aromatic rings. The average Bonchev–Trinajstić information content (AvgIpc) is 3.24. The molecule has 0 spiro atoms. The van der Waals surface area contributed by atoms with Crippen molar-refractivity contribution in [2.75, 3.05) is 13.2 Å². The minimum atomic E-state index is -0.762. The Balaban J connectivity index is 4.31. The summed E-state index contributed by atoms with van der Waals surface area (Å²) in [6.45, 7) is 11.4. The fourth-order valence-corrected chi connectivity index (χ4v) is 8.52. The zero-order valence-corrected chi connectivity index (χ0v) is 42.5. The van der Waals surface area contributed by atoms with E-state index in [1.165, 1.54) is 199 Å². The molecular formula is C56H108O6. The van der Waals surface area contributed by atoms with E-state index in [9.17, 15) is 14.4 Å². The van der Waals surface area contributed by atoms with Crippen molar-refractivity contribution >= 4 is 17.9 Å². The summed E-state index contributed by atoms with van der Waals surface area (Å²) in [7, 11) is 0. The lowest BCUT2D eigenvalue weighted by Gasteiger charge is -2.18. The number of hydrogen-bond donors (Lipinski definition) is 0. The van der Waals surface area contributed by atoms with Gasteiger partial charge in [-0.05, 0) is 31.1 Å². The third-order valence-corrected chi connectivity index (χ3v) is 12.7. The van der Waals surface area contributed by atoms with Crippen molar-refractivity contribution in [3.63, 3.8) is 0 Å². The lowest BCUT2D eigenvalue weighted by Crippen LogP contribution is -2.30. The molecule has 0 rings (SSSR count). The van der Waals surface area contributed by atoms with Crippen molar-refractivity contribution in [2.45, 2.75) is 317 Å². The molecule has 0 aromatic heterocycles. The van der Waals surface area contributed by atoms with Gasteiger partial charge in [0.2, 0.25) is 0 Å². The van der Waals surface area contributed by atoms with Crippen LogP contribution in [0.25, 0.3) is 0 Å². The van der Waals surface area contributed by atoms with Crippen LogP contribution < -0.4 is 0 Å². The van der Waals surface area contributed by atoms with Crippen molar-refractivity contribution in [1.82, 2.24) is 0 Å². The predicted molar refractivity (Wildman–Crippen MR) is 266 cm³/mol. The molecule has 0 saturated heterocycles. The molecule has 0 N–H and O–H groups in total. The molecule has 0 radical (unpaired) electrons. The van der Waals surface area contributed by atoms with Crippen molar-refractivity contribution in [3.8, 4) is 0 Å². The van der Waals surface area contributed by atoms with E-state index < -0.39 is 6.10 Å². The van der Waals surface area contributed by atoms with Crippen molar-refractivity contribution < 1.29 is 28.6 Å². The highest BCUT2D eigenvalue weighted by Gasteiger charge is 2.19. The molecular weight excluding hydrogens is 769 g/mol. The van der Waals surface area contributed by atoms with E-state index in [-0.39, 0.29) is 31.1 Å². The predicted octanol–water partition coefficient (Wildman–Crippen LogP) is 18.1. The second kappa shape index (κ2) is 48.9. The van der Waals surface area contributed by atoms with Crippen LogP contribution in [0.15, 0.2) is 0 Å². The smallest absolute Gasteiger partial charge is 0.306 e. The Hall–Kier alpha value is -1.59. The van der Waals surface area contributed by atoms with Gasteiger partial charge in [0.1, 0.15) is 13.2 Å². The van der Waals surface area contributed by atoms with Gasteiger partial charge in [-0.25, -0.2) is 0 Å². The number of hydrogen-bond acceptors (Lipinski definition) is 6. The van der Waals surface area contributed by atoms with Crippen LogP contribution in [0.4, 0.5) is 0 Å². The normalized spacial score (nSPS) is 12.0. The molecule has 0 amide bonds. The van der Waals surface area contributed by atoms with E-state index in [1.807, 2.05) is 0 Å². The van der Waals surface area contributed by atoms with Crippen LogP contribution >= 0.6 is 0 Å². The number of carbonyl (C=O) groups excluding carboxylic acids is 3. The number of unbranched alkanes of at least 4 members (excludes halogenated alkanes) is 35. The van der Waals surface area contributed by atoms with Gasteiger partial charge in [0.25, 0.3) is 0 Å². The first-order valence-corrected chi connectivity index (χ1v) is 27.7. The summed E-state index contributed by atoms with van der Waals surface area (Å²) in [6.07, 6.45) is 50.9. The van der Waals surface area contributed by atoms with Gasteiger partial charge < -0.3 is 14.2 Å². The summed E-state index contributed by atoms with van der Waals surface area (Å²) in [5, 5.41) is 0. The minimum Gasteiger partial charge on any atom is -0.462 e. The quantitative estimate of drug-likeness (QED) is 0.0344. The summed E-state index contributed by atoms with van der Waals surface area (Å²) in [5.74, 6) is 0.809. The molecule has 6 heteroatoms. The molecule has 6 nitrogen and oxygen atoms in total. The zero-order chi connectivity index (χ0) is 45.4. The number of rotatable bonds is 50. The Morgan fingerprint density at radius 2 is 0.532 bits per heavy atom. The Morgan fingerprint density at radius 1 is 0.306 bits per heavy atom. The molecule has 0 fully saturated rings. The second-order valence-corrected chi connectivity index (χ2v) is 20.2. The fraction of sp³-hybridized carbons (Fsp3) is 0.946. The maximum Gasteiger partial charge on any atom is 0.306 e. The Bertz CT molecular complexity index is 947. The van der Waals surface area contributed by atoms with E-state index in [4.69, 9.17) is 14.2 Å². The second-order valence-electron chi connectivity index (χ2n) is 20.2. The van der Waals surface area contributed by atoms with Crippen LogP contribution in [0.3, 0.4) is 0 Å². The van der Waals surface area contributed by atoms with Crippen LogP contribution in [0, 0.1) is 11.8 Å². The molecule has 1 atom stereocenters. The standard InChI is InChI=1S/C56H108O6/c1-6-7-8-9-10-11-12-13-14-15-16-21-28-33-38-43-48-56(59)62-53(50-61-55(58)47-42-37-32-27-23-22-25-30-35-40-45-52(4)5)49-60-54(57)46-41-36-31-26-20-18-17-19-24-29-34-39-44-51(2)3/h51-53H,6-50H2,1-5H3/t53-/m0/s1. The first-order valence-electron chi connectivity index (χ1n) is 27.7. The van der Waals surface area contributed by atoms with Gasteiger partial charge in [-0.1, -0.05) is 272 Å². The van der Waals surface area contributed by atoms with Gasteiger partial charge in [0.05, 0.1) is 0 Å². The first kappa shape index (κ1) is 60.4. The van der Waals surface area contributed by atoms with Gasteiger partial charge >= 0.3 is 17.9 Å². The summed E-state index contributed by atoms with van der Waals surface area (Å²) in [5.41, 5.74) is 0. The van der Waals surface area contributed by atoms with Gasteiger partial charge in [-0.2, -0.15) is 0 Å². The molecule has 0 saturated carbocycles. The van der Waals surface area contributed by atoms with Crippen LogP contribution in [-0.4, -0.2) is 37.2 Å². The molecule has 0 aliphatic heterocycles. The van der Waals surface area contributed by atoms with Gasteiger partial charge in [-0.3, -0.25) is 14.4 Å². The van der Waals surface area contributed by atoms with Crippen molar-refractivity contribution in [2.24, 2.45) is 11.8 Å². The highest BCUT2D eigenvalue weighted by Crippen LogP contribution is 2.18. The van der Waals surface area contributed by atoms with Crippen LogP contribution in [0.2, 0.25) is 0 Å². The van der Waals surface area contributed by atoms with Crippen LogP contribution in [0.5, 0.6) is 0 Å². The van der Waals surface area contributed by atoms with Crippen LogP contribution in [0.1, 0.15) is 311 Å². The monoisotopic (exact) mass is 877 g/mol. The van der Waals surface area contributed by atoms with E-state index in [2.05, 4.69) is 34.6 Å². The Kier molecular flexibility index (Phi) is 47.6. The summed E-state index contributed by atoms with van der Waals surface area (Å²) in [4.78, 5) is 38.1. The lowest BCUT2D eigenvalue weighted by molar-refractivity contribution is -0.167. The highest BCUT2D eigenvalue weighted by atomic mass is 16.6. The zero-order valence-electron chi connectivity index (χ0n) is 42.5. The summed E-state index contributed by atoms with van der Waals surface area (Å²) < 4.78 is 16.9. The van der Waals surface area contributed by atoms with E-state index >= 15 is 0 Å². The third-order valence-electron chi connectivity index (χ3n) is 12.7. The highest BCUT2D eigenvalue weighted by molar-refractivity contribution is 5.71. The van der Waals surface area contributed by atoms with Crippen molar-refractivity contribution in [3.05, 3.63) is 0 Å². The molecule has 0 unspecified atom stereocenters. The number of ether oxygens (including phenoxy) is 3. The largest absolute Gasteiger partial charge is 0.462 e. The molecule has 0 aliphatic rings. The maximum atomic E-state index is 12.8. The molecule has 62 heavy (non-hydrogen) atoms. The molecule has 0 bridgehead atoms. The molecule has 0 aromatic carbocycles. The molecule has 368 valence electrons. The van der Waals surface area contributed by atoms with E-state index in [0.717, 1.165) is 69.6 Å².